The summed E-state index contributed by atoms with van der Waals surface area (Å²) in [6.45, 7) is 3.61. The maximum Gasteiger partial charge on any atom is 0.258 e. The Morgan fingerprint density at radius 1 is 1.03 bits per heavy atom. The molecule has 0 atom stereocenters. The average molecular weight is 424 g/mol. The van der Waals surface area contributed by atoms with Crippen LogP contribution in [0.25, 0.3) is 22.2 Å². The van der Waals surface area contributed by atoms with Crippen molar-refractivity contribution >= 4 is 28.4 Å². The standard InChI is InChI=1S/C23H20N8O/c1-23(2,13-24)17-4-5-26-21(8-17)30-22(32)16-7-19(31-29-12-16)15-6-14-11-28-20(25-3)9-18(14)27-10-15/h4-12H,1-3H3,(H,25,28)(H,26,30,32). The van der Waals surface area contributed by atoms with Crippen LogP contribution in [0.4, 0.5) is 11.6 Å². The molecule has 0 spiro atoms. The van der Waals surface area contributed by atoms with E-state index in [-0.39, 0.29) is 5.91 Å². The molecule has 0 unspecified atom stereocenters. The number of carbonyl (C=O) groups is 1. The number of hydrogen-bond acceptors (Lipinski definition) is 8. The number of nitrogens with zero attached hydrogens (tertiary/aromatic N) is 6. The van der Waals surface area contributed by atoms with E-state index in [4.69, 9.17) is 0 Å². The van der Waals surface area contributed by atoms with Gasteiger partial charge in [0.25, 0.3) is 5.91 Å². The minimum atomic E-state index is -0.695. The Labute approximate surface area is 184 Å². The molecule has 0 radical (unpaired) electrons. The van der Waals surface area contributed by atoms with E-state index in [1.807, 2.05) is 12.1 Å². The van der Waals surface area contributed by atoms with Gasteiger partial charge in [-0.3, -0.25) is 9.78 Å². The smallest absolute Gasteiger partial charge is 0.258 e. The third-order valence-electron chi connectivity index (χ3n) is 5.04. The fourth-order valence-electron chi connectivity index (χ4n) is 3.07. The summed E-state index contributed by atoms with van der Waals surface area (Å²) >= 11 is 0. The molecule has 4 aromatic heterocycles. The van der Waals surface area contributed by atoms with Crippen LogP contribution in [0.15, 0.2) is 55.1 Å². The van der Waals surface area contributed by atoms with Gasteiger partial charge in [-0.25, -0.2) is 9.97 Å². The number of amides is 1. The Bertz CT molecular complexity index is 1360. The van der Waals surface area contributed by atoms with Gasteiger partial charge < -0.3 is 10.6 Å². The summed E-state index contributed by atoms with van der Waals surface area (Å²) in [4.78, 5) is 25.7. The van der Waals surface area contributed by atoms with Crippen molar-refractivity contribution in [2.75, 3.05) is 17.7 Å². The van der Waals surface area contributed by atoms with Crippen molar-refractivity contribution in [2.24, 2.45) is 0 Å². The van der Waals surface area contributed by atoms with Crippen LogP contribution >= 0.6 is 0 Å². The van der Waals surface area contributed by atoms with Gasteiger partial charge in [0.05, 0.1) is 34.5 Å². The Balaban J connectivity index is 1.59. The van der Waals surface area contributed by atoms with Crippen LogP contribution < -0.4 is 10.6 Å². The van der Waals surface area contributed by atoms with Crippen molar-refractivity contribution in [2.45, 2.75) is 19.3 Å². The zero-order valence-electron chi connectivity index (χ0n) is 17.8. The van der Waals surface area contributed by atoms with Gasteiger partial charge in [-0.05, 0) is 43.7 Å². The third-order valence-corrected chi connectivity index (χ3v) is 5.04. The summed E-state index contributed by atoms with van der Waals surface area (Å²) in [5, 5.41) is 24.0. The molecule has 9 nitrogen and oxygen atoms in total. The summed E-state index contributed by atoms with van der Waals surface area (Å²) in [6.07, 6.45) is 6.36. The van der Waals surface area contributed by atoms with E-state index < -0.39 is 5.41 Å². The highest BCUT2D eigenvalue weighted by Gasteiger charge is 2.20. The molecule has 4 aromatic rings. The van der Waals surface area contributed by atoms with Gasteiger partial charge in [0.1, 0.15) is 11.6 Å². The molecule has 0 aliphatic rings. The number of nitrogens with one attached hydrogen (secondary N) is 2. The normalized spacial score (nSPS) is 11.1. The molecule has 1 amide bonds. The number of fused-ring (bicyclic) bond motifs is 1. The number of aromatic nitrogens is 5. The van der Waals surface area contributed by atoms with Gasteiger partial charge in [0, 0.05) is 42.7 Å². The number of rotatable bonds is 5. The van der Waals surface area contributed by atoms with Crippen LogP contribution in [0.2, 0.25) is 0 Å². The Kier molecular flexibility index (Phi) is 5.43. The quantitative estimate of drug-likeness (QED) is 0.497. The molecule has 4 rings (SSSR count). The molecule has 158 valence electrons. The predicted molar refractivity (Wildman–Crippen MR) is 121 cm³/mol. The fraction of sp³-hybridized carbons (Fsp3) is 0.174. The lowest BCUT2D eigenvalue weighted by atomic mass is 9.87. The minimum Gasteiger partial charge on any atom is -0.373 e. The van der Waals surface area contributed by atoms with Crippen LogP contribution in [0.1, 0.15) is 29.8 Å². The molecule has 4 heterocycles. The number of nitriles is 1. The van der Waals surface area contributed by atoms with Gasteiger partial charge in [0.15, 0.2) is 0 Å². The van der Waals surface area contributed by atoms with Crippen LogP contribution in [0.3, 0.4) is 0 Å². The van der Waals surface area contributed by atoms with Crippen LogP contribution in [0, 0.1) is 11.3 Å². The van der Waals surface area contributed by atoms with E-state index in [9.17, 15) is 10.1 Å². The van der Waals surface area contributed by atoms with Crippen LogP contribution in [0.5, 0.6) is 0 Å². The first-order valence-corrected chi connectivity index (χ1v) is 9.85. The molecule has 0 aliphatic carbocycles. The molecular formula is C23H20N8O. The molecule has 0 fully saturated rings. The van der Waals surface area contributed by atoms with Crippen LogP contribution in [-0.4, -0.2) is 38.1 Å². The second kappa shape index (κ2) is 8.35. The molecule has 32 heavy (non-hydrogen) atoms. The van der Waals surface area contributed by atoms with E-state index in [0.29, 0.717) is 17.1 Å². The first-order valence-electron chi connectivity index (χ1n) is 9.85. The highest BCUT2D eigenvalue weighted by Crippen LogP contribution is 2.25. The Morgan fingerprint density at radius 2 is 1.88 bits per heavy atom. The lowest BCUT2D eigenvalue weighted by molar-refractivity contribution is 0.102. The maximum atomic E-state index is 12.8. The lowest BCUT2D eigenvalue weighted by Gasteiger charge is -2.16. The second-order valence-electron chi connectivity index (χ2n) is 7.69. The number of carbonyl (C=O) groups excluding carboxylic acids is 1. The van der Waals surface area contributed by atoms with Gasteiger partial charge in [-0.2, -0.15) is 15.5 Å². The fourth-order valence-corrected chi connectivity index (χ4v) is 3.07. The van der Waals surface area contributed by atoms with E-state index in [0.717, 1.165) is 27.8 Å². The summed E-state index contributed by atoms with van der Waals surface area (Å²) in [5.74, 6) is 0.703. The molecule has 0 aliphatic heterocycles. The van der Waals surface area contributed by atoms with E-state index in [2.05, 4.69) is 41.9 Å². The Morgan fingerprint density at radius 3 is 2.66 bits per heavy atom. The van der Waals surface area contributed by atoms with E-state index >= 15 is 0 Å². The summed E-state index contributed by atoms with van der Waals surface area (Å²) in [7, 11) is 1.80. The molecule has 2 N–H and O–H groups in total. The topological polar surface area (TPSA) is 129 Å². The zero-order valence-corrected chi connectivity index (χ0v) is 17.8. The molecule has 0 aromatic carbocycles. The second-order valence-corrected chi connectivity index (χ2v) is 7.69. The van der Waals surface area contributed by atoms with Gasteiger partial charge in [-0.1, -0.05) is 0 Å². The van der Waals surface area contributed by atoms with Gasteiger partial charge >= 0.3 is 0 Å². The molecule has 0 saturated carbocycles. The summed E-state index contributed by atoms with van der Waals surface area (Å²) in [6, 6.07) is 11.1. The van der Waals surface area contributed by atoms with Crippen molar-refractivity contribution in [1.29, 1.82) is 5.26 Å². The third kappa shape index (κ3) is 4.20. The predicted octanol–water partition coefficient (Wildman–Crippen LogP) is 3.58. The maximum absolute atomic E-state index is 12.8. The first-order chi connectivity index (χ1) is 15.4. The number of hydrogen-bond donors (Lipinski definition) is 2. The monoisotopic (exact) mass is 424 g/mol. The SMILES string of the molecule is CNc1cc2ncc(-c3cc(C(=O)Nc4cc(C(C)(C)C#N)ccn4)cnn3)cc2cn1. The highest BCUT2D eigenvalue weighted by atomic mass is 16.1. The largest absolute Gasteiger partial charge is 0.373 e. The number of anilines is 2. The Hall–Kier alpha value is -4.45. The highest BCUT2D eigenvalue weighted by molar-refractivity contribution is 6.04. The number of pyridine rings is 3. The van der Waals surface area contributed by atoms with Crippen LogP contribution in [-0.2, 0) is 5.41 Å². The van der Waals surface area contributed by atoms with Crippen molar-refractivity contribution < 1.29 is 4.79 Å². The molecule has 9 heteroatoms. The van der Waals surface area contributed by atoms with Crippen molar-refractivity contribution in [3.63, 3.8) is 0 Å². The summed E-state index contributed by atoms with van der Waals surface area (Å²) in [5.41, 5.74) is 2.41. The van der Waals surface area contributed by atoms with Gasteiger partial charge in [0.2, 0.25) is 0 Å². The minimum absolute atomic E-state index is 0.325. The first kappa shape index (κ1) is 20.8. The average Bonchev–Trinajstić information content (AvgIpc) is 2.83. The van der Waals surface area contributed by atoms with Crippen molar-refractivity contribution in [1.82, 2.24) is 25.1 Å². The zero-order chi connectivity index (χ0) is 22.7. The molecular weight excluding hydrogens is 404 g/mol. The van der Waals surface area contributed by atoms with Gasteiger partial charge in [-0.15, -0.1) is 0 Å². The summed E-state index contributed by atoms with van der Waals surface area (Å²) < 4.78 is 0. The molecule has 0 saturated heterocycles. The lowest BCUT2D eigenvalue weighted by Crippen LogP contribution is -2.17. The molecule has 0 bridgehead atoms. The van der Waals surface area contributed by atoms with E-state index in [1.165, 1.54) is 6.20 Å². The van der Waals surface area contributed by atoms with Crippen molar-refractivity contribution in [3.05, 3.63) is 66.2 Å². The van der Waals surface area contributed by atoms with E-state index in [1.54, 1.807) is 57.7 Å². The van der Waals surface area contributed by atoms with Crippen molar-refractivity contribution in [3.8, 4) is 17.3 Å².